The number of ether oxygens (including phenoxy) is 1. The van der Waals surface area contributed by atoms with Crippen LogP contribution in [0, 0.1) is 12.7 Å². The van der Waals surface area contributed by atoms with Crippen LogP contribution in [-0.2, 0) is 12.8 Å². The van der Waals surface area contributed by atoms with E-state index in [1.165, 1.54) is 17.7 Å². The highest BCUT2D eigenvalue weighted by Crippen LogP contribution is 2.35. The van der Waals surface area contributed by atoms with E-state index in [1.54, 1.807) is 6.07 Å². The molecule has 0 saturated carbocycles. The van der Waals surface area contributed by atoms with E-state index in [0.29, 0.717) is 6.42 Å². The van der Waals surface area contributed by atoms with Gasteiger partial charge >= 0.3 is 0 Å². The molecule has 0 spiro atoms. The van der Waals surface area contributed by atoms with Crippen LogP contribution in [-0.4, -0.2) is 6.61 Å². The van der Waals surface area contributed by atoms with Gasteiger partial charge in [0.1, 0.15) is 11.6 Å². The van der Waals surface area contributed by atoms with E-state index in [4.69, 9.17) is 10.5 Å². The van der Waals surface area contributed by atoms with Crippen molar-refractivity contribution in [1.29, 1.82) is 0 Å². The Bertz CT molecular complexity index is 687. The van der Waals surface area contributed by atoms with Gasteiger partial charge in [0.25, 0.3) is 0 Å². The topological polar surface area (TPSA) is 35.2 Å². The van der Waals surface area contributed by atoms with E-state index in [1.807, 2.05) is 6.92 Å². The molecule has 1 atom stereocenters. The summed E-state index contributed by atoms with van der Waals surface area (Å²) in [5, 5.41) is 0. The third-order valence-electron chi connectivity index (χ3n) is 3.90. The lowest BCUT2D eigenvalue weighted by atomic mass is 9.94. The Labute approximate surface area is 132 Å². The first-order chi connectivity index (χ1) is 10.0. The first-order valence-corrected chi connectivity index (χ1v) is 7.79. The molecular weight excluding hydrogens is 333 g/mol. The van der Waals surface area contributed by atoms with Crippen molar-refractivity contribution in [2.75, 3.05) is 6.61 Å². The summed E-state index contributed by atoms with van der Waals surface area (Å²) in [7, 11) is 0. The fourth-order valence-electron chi connectivity index (χ4n) is 2.90. The minimum atomic E-state index is -0.227. The Morgan fingerprint density at radius 1 is 1.33 bits per heavy atom. The molecule has 4 heteroatoms. The normalized spacial score (nSPS) is 14.7. The van der Waals surface area contributed by atoms with E-state index < -0.39 is 0 Å². The summed E-state index contributed by atoms with van der Waals surface area (Å²) in [6.45, 7) is 2.61. The van der Waals surface area contributed by atoms with Crippen molar-refractivity contribution in [3.05, 3.63) is 62.9 Å². The molecule has 2 aromatic carbocycles. The predicted molar refractivity (Wildman–Crippen MR) is 85.1 cm³/mol. The molecule has 1 heterocycles. The van der Waals surface area contributed by atoms with Crippen LogP contribution in [0.5, 0.6) is 5.75 Å². The highest BCUT2D eigenvalue weighted by Gasteiger charge is 2.20. The van der Waals surface area contributed by atoms with Gasteiger partial charge in [-0.25, -0.2) is 4.39 Å². The van der Waals surface area contributed by atoms with Crippen LogP contribution < -0.4 is 10.5 Å². The molecule has 2 aromatic rings. The lowest BCUT2D eigenvalue weighted by molar-refractivity contribution is 0.352. The van der Waals surface area contributed by atoms with Crippen molar-refractivity contribution in [2.45, 2.75) is 25.8 Å². The predicted octanol–water partition coefficient (Wildman–Crippen LogP) is 4.07. The van der Waals surface area contributed by atoms with Crippen LogP contribution in [0.15, 0.2) is 34.8 Å². The minimum absolute atomic E-state index is 0.173. The Kier molecular flexibility index (Phi) is 4.00. The number of fused-ring (bicyclic) bond motifs is 1. The number of hydrogen-bond acceptors (Lipinski definition) is 2. The standard InChI is InChI=1S/C17H17BrFNO/c1-10-6-14(19)2-3-15(10)16(20)9-12-8-13(18)7-11-4-5-21-17(11)12/h2-3,6-8,16H,4-5,9,20H2,1H3. The van der Waals surface area contributed by atoms with Crippen LogP contribution in [0.1, 0.15) is 28.3 Å². The maximum Gasteiger partial charge on any atom is 0.125 e. The van der Waals surface area contributed by atoms with Crippen LogP contribution >= 0.6 is 15.9 Å². The molecule has 2 nitrogen and oxygen atoms in total. The zero-order chi connectivity index (χ0) is 15.0. The highest BCUT2D eigenvalue weighted by molar-refractivity contribution is 9.10. The summed E-state index contributed by atoms with van der Waals surface area (Å²) in [5.74, 6) is 0.739. The van der Waals surface area contributed by atoms with Gasteiger partial charge in [-0.3, -0.25) is 0 Å². The van der Waals surface area contributed by atoms with E-state index in [-0.39, 0.29) is 11.9 Å². The van der Waals surface area contributed by atoms with E-state index in [9.17, 15) is 4.39 Å². The maximum absolute atomic E-state index is 13.2. The van der Waals surface area contributed by atoms with Gasteiger partial charge in [-0.2, -0.15) is 0 Å². The van der Waals surface area contributed by atoms with Crippen LogP contribution in [0.2, 0.25) is 0 Å². The molecule has 0 aromatic heterocycles. The number of benzene rings is 2. The fourth-order valence-corrected chi connectivity index (χ4v) is 3.45. The lowest BCUT2D eigenvalue weighted by Gasteiger charge is -2.17. The number of rotatable bonds is 3. The molecule has 21 heavy (non-hydrogen) atoms. The summed E-state index contributed by atoms with van der Waals surface area (Å²) in [4.78, 5) is 0. The number of hydrogen-bond donors (Lipinski definition) is 1. The second kappa shape index (κ2) is 5.78. The summed E-state index contributed by atoms with van der Waals surface area (Å²) >= 11 is 3.54. The van der Waals surface area contributed by atoms with Gasteiger partial charge in [0.15, 0.2) is 0 Å². The fraction of sp³-hybridized carbons (Fsp3) is 0.294. The quantitative estimate of drug-likeness (QED) is 0.906. The number of halogens is 2. The van der Waals surface area contributed by atoms with Gasteiger partial charge in [-0.05, 0) is 59.9 Å². The van der Waals surface area contributed by atoms with Crippen molar-refractivity contribution < 1.29 is 9.13 Å². The summed E-state index contributed by atoms with van der Waals surface area (Å²) < 4.78 is 20.0. The Hall–Kier alpha value is -1.39. The molecule has 0 amide bonds. The van der Waals surface area contributed by atoms with Crippen molar-refractivity contribution in [1.82, 2.24) is 0 Å². The first-order valence-electron chi connectivity index (χ1n) is 7.00. The van der Waals surface area contributed by atoms with Gasteiger partial charge in [0, 0.05) is 16.9 Å². The first kappa shape index (κ1) is 14.5. The molecule has 0 saturated heterocycles. The molecule has 0 radical (unpaired) electrons. The Balaban J connectivity index is 1.90. The van der Waals surface area contributed by atoms with Gasteiger partial charge in [-0.1, -0.05) is 22.0 Å². The van der Waals surface area contributed by atoms with Gasteiger partial charge in [0.2, 0.25) is 0 Å². The van der Waals surface area contributed by atoms with Crippen LogP contribution in [0.4, 0.5) is 4.39 Å². The molecular formula is C17H17BrFNO. The van der Waals surface area contributed by atoms with Gasteiger partial charge in [0.05, 0.1) is 6.61 Å². The van der Waals surface area contributed by atoms with E-state index >= 15 is 0 Å². The Morgan fingerprint density at radius 3 is 2.90 bits per heavy atom. The molecule has 2 N–H and O–H groups in total. The van der Waals surface area contributed by atoms with Crippen molar-refractivity contribution in [2.24, 2.45) is 5.73 Å². The molecule has 0 aliphatic carbocycles. The number of nitrogens with two attached hydrogens (primary N) is 1. The molecule has 3 rings (SSSR count). The average molecular weight is 350 g/mol. The molecule has 110 valence electrons. The third kappa shape index (κ3) is 2.97. The molecule has 1 aliphatic heterocycles. The van der Waals surface area contributed by atoms with Gasteiger partial charge < -0.3 is 10.5 Å². The minimum Gasteiger partial charge on any atom is -0.493 e. The smallest absolute Gasteiger partial charge is 0.125 e. The summed E-state index contributed by atoms with van der Waals surface area (Å²) in [6, 6.07) is 8.74. The highest BCUT2D eigenvalue weighted by atomic mass is 79.9. The summed E-state index contributed by atoms with van der Waals surface area (Å²) in [6.07, 6.45) is 1.61. The largest absolute Gasteiger partial charge is 0.493 e. The third-order valence-corrected chi connectivity index (χ3v) is 4.35. The molecule has 0 fully saturated rings. The van der Waals surface area contributed by atoms with Crippen molar-refractivity contribution in [3.63, 3.8) is 0 Å². The zero-order valence-corrected chi connectivity index (χ0v) is 13.4. The monoisotopic (exact) mass is 349 g/mol. The van der Waals surface area contributed by atoms with Gasteiger partial charge in [-0.15, -0.1) is 0 Å². The lowest BCUT2D eigenvalue weighted by Crippen LogP contribution is -2.15. The van der Waals surface area contributed by atoms with Crippen LogP contribution in [0.3, 0.4) is 0 Å². The van der Waals surface area contributed by atoms with Crippen LogP contribution in [0.25, 0.3) is 0 Å². The average Bonchev–Trinajstić information content (AvgIpc) is 2.86. The number of aryl methyl sites for hydroxylation is 1. The molecule has 0 bridgehead atoms. The van der Waals surface area contributed by atoms with E-state index in [0.717, 1.165) is 39.9 Å². The second-order valence-electron chi connectivity index (χ2n) is 5.46. The molecule has 1 unspecified atom stereocenters. The SMILES string of the molecule is Cc1cc(F)ccc1C(N)Cc1cc(Br)cc2c1OCC2. The molecule has 1 aliphatic rings. The Morgan fingerprint density at radius 2 is 2.14 bits per heavy atom. The second-order valence-corrected chi connectivity index (χ2v) is 6.38. The van der Waals surface area contributed by atoms with Crippen molar-refractivity contribution >= 4 is 15.9 Å². The maximum atomic E-state index is 13.2. The summed E-state index contributed by atoms with van der Waals surface area (Å²) in [5.41, 5.74) is 10.5. The van der Waals surface area contributed by atoms with Crippen molar-refractivity contribution in [3.8, 4) is 5.75 Å². The van der Waals surface area contributed by atoms with E-state index in [2.05, 4.69) is 28.1 Å². The zero-order valence-electron chi connectivity index (χ0n) is 11.8.